The lowest BCUT2D eigenvalue weighted by Gasteiger charge is -2.30. The molecule has 0 radical (unpaired) electrons. The zero-order valence-electron chi connectivity index (χ0n) is 7.73. The van der Waals surface area contributed by atoms with Gasteiger partial charge in [0.1, 0.15) is 0 Å². The largest absolute Gasteiger partial charge is 0.419 e. The molecule has 14 heavy (non-hydrogen) atoms. The summed E-state index contributed by atoms with van der Waals surface area (Å²) >= 11 is 0. The number of aliphatic hydroxyl groups excluding tert-OH is 1. The predicted molar refractivity (Wildman–Crippen MR) is 43.5 cm³/mol. The van der Waals surface area contributed by atoms with Gasteiger partial charge >= 0.3 is 6.18 Å². The van der Waals surface area contributed by atoms with E-state index in [1.54, 1.807) is 0 Å². The lowest BCUT2D eigenvalue weighted by molar-refractivity contribution is -0.198. The molecule has 1 saturated carbocycles. The molecule has 1 rings (SSSR count). The minimum Gasteiger partial charge on any atom is -0.396 e. The van der Waals surface area contributed by atoms with Crippen molar-refractivity contribution in [2.24, 2.45) is 11.8 Å². The van der Waals surface area contributed by atoms with Crippen LogP contribution in [-0.2, 0) is 0 Å². The zero-order chi connectivity index (χ0) is 10.8. The summed E-state index contributed by atoms with van der Waals surface area (Å²) in [5.41, 5.74) is 0. The minimum atomic E-state index is -4.73. The van der Waals surface area contributed by atoms with Gasteiger partial charge in [0.25, 0.3) is 0 Å². The second-order valence-corrected chi connectivity index (χ2v) is 3.91. The highest BCUT2D eigenvalue weighted by Crippen LogP contribution is 2.38. The van der Waals surface area contributed by atoms with E-state index in [-0.39, 0.29) is 25.4 Å². The summed E-state index contributed by atoms with van der Waals surface area (Å²) in [5.74, 6) is -0.843. The third-order valence-electron chi connectivity index (χ3n) is 2.88. The van der Waals surface area contributed by atoms with E-state index in [9.17, 15) is 17.6 Å². The molecule has 0 aliphatic heterocycles. The summed E-state index contributed by atoms with van der Waals surface area (Å²) in [6.45, 7) is -0.00428. The Hall–Kier alpha value is -0.320. The maximum atomic E-state index is 12.8. The fraction of sp³-hybridized carbons (Fsp3) is 1.00. The predicted octanol–water partition coefficient (Wildman–Crippen LogP) is 2.69. The van der Waals surface area contributed by atoms with Gasteiger partial charge < -0.3 is 5.11 Å². The quantitative estimate of drug-likeness (QED) is 0.701. The molecule has 1 nitrogen and oxygen atoms in total. The third-order valence-corrected chi connectivity index (χ3v) is 2.88. The number of rotatable bonds is 2. The molecule has 0 spiro atoms. The summed E-state index contributed by atoms with van der Waals surface area (Å²) in [6.07, 6.45) is -5.97. The van der Waals surface area contributed by atoms with Crippen LogP contribution in [0.1, 0.15) is 25.7 Å². The number of aliphatic hydroxyl groups is 1. The fourth-order valence-corrected chi connectivity index (χ4v) is 1.93. The molecule has 84 valence electrons. The van der Waals surface area contributed by atoms with Crippen LogP contribution < -0.4 is 0 Å². The molecule has 0 amide bonds. The first-order valence-corrected chi connectivity index (χ1v) is 4.76. The first-order valence-electron chi connectivity index (χ1n) is 4.76. The molecule has 1 aliphatic carbocycles. The third kappa shape index (κ3) is 2.83. The molecule has 0 heterocycles. The smallest absolute Gasteiger partial charge is 0.396 e. The van der Waals surface area contributed by atoms with Crippen LogP contribution in [0.2, 0.25) is 0 Å². The normalized spacial score (nSPS) is 31.5. The van der Waals surface area contributed by atoms with Crippen molar-refractivity contribution < 1.29 is 22.7 Å². The van der Waals surface area contributed by atoms with Crippen molar-refractivity contribution in [3.8, 4) is 0 Å². The molecular weight excluding hydrogens is 200 g/mol. The Kier molecular flexibility index (Phi) is 3.75. The van der Waals surface area contributed by atoms with Crippen molar-refractivity contribution in [1.29, 1.82) is 0 Å². The van der Waals surface area contributed by atoms with E-state index in [1.807, 2.05) is 0 Å². The van der Waals surface area contributed by atoms with Gasteiger partial charge in [-0.2, -0.15) is 13.2 Å². The summed E-state index contributed by atoms with van der Waals surface area (Å²) in [7, 11) is 0. The van der Waals surface area contributed by atoms with Gasteiger partial charge in [0.2, 0.25) is 0 Å². The van der Waals surface area contributed by atoms with Crippen molar-refractivity contribution in [2.75, 3.05) is 6.61 Å². The van der Waals surface area contributed by atoms with Crippen molar-refractivity contribution >= 4 is 0 Å². The Morgan fingerprint density at radius 3 is 2.00 bits per heavy atom. The Balaban J connectivity index is 2.42. The van der Waals surface area contributed by atoms with Crippen LogP contribution in [0.15, 0.2) is 0 Å². The van der Waals surface area contributed by atoms with E-state index in [0.29, 0.717) is 12.8 Å². The van der Waals surface area contributed by atoms with Gasteiger partial charge in [-0.25, -0.2) is 4.39 Å². The lowest BCUT2D eigenvalue weighted by Crippen LogP contribution is -2.34. The second kappa shape index (κ2) is 4.47. The van der Waals surface area contributed by atoms with Crippen LogP contribution in [0.3, 0.4) is 0 Å². The summed E-state index contributed by atoms with van der Waals surface area (Å²) in [6, 6.07) is 0. The molecule has 1 unspecified atom stereocenters. The maximum absolute atomic E-state index is 12.8. The molecule has 0 aromatic rings. The SMILES string of the molecule is OCC1CCC(C(F)C(F)(F)F)CC1. The molecule has 0 bridgehead atoms. The summed E-state index contributed by atoms with van der Waals surface area (Å²) in [5, 5.41) is 8.76. The summed E-state index contributed by atoms with van der Waals surface area (Å²) in [4.78, 5) is 0. The zero-order valence-corrected chi connectivity index (χ0v) is 7.73. The highest BCUT2D eigenvalue weighted by atomic mass is 19.4. The average Bonchev–Trinajstić information content (AvgIpc) is 2.15. The van der Waals surface area contributed by atoms with E-state index in [2.05, 4.69) is 0 Å². The Morgan fingerprint density at radius 1 is 1.14 bits per heavy atom. The molecule has 1 aliphatic rings. The first-order chi connectivity index (χ1) is 6.45. The molecule has 1 atom stereocenters. The monoisotopic (exact) mass is 214 g/mol. The van der Waals surface area contributed by atoms with Gasteiger partial charge in [-0.1, -0.05) is 0 Å². The van der Waals surface area contributed by atoms with Crippen LogP contribution in [-0.4, -0.2) is 24.1 Å². The Bertz CT molecular complexity index is 172. The van der Waals surface area contributed by atoms with Crippen LogP contribution >= 0.6 is 0 Å². The van der Waals surface area contributed by atoms with Crippen LogP contribution in [0.5, 0.6) is 0 Å². The van der Waals surface area contributed by atoms with Crippen LogP contribution in [0, 0.1) is 11.8 Å². The van der Waals surface area contributed by atoms with Gasteiger partial charge in [-0.05, 0) is 37.5 Å². The number of hydrogen-bond donors (Lipinski definition) is 1. The van der Waals surface area contributed by atoms with E-state index < -0.39 is 18.3 Å². The van der Waals surface area contributed by atoms with Crippen molar-refractivity contribution in [2.45, 2.75) is 38.0 Å². The first kappa shape index (κ1) is 11.8. The van der Waals surface area contributed by atoms with Crippen LogP contribution in [0.25, 0.3) is 0 Å². The van der Waals surface area contributed by atoms with Crippen molar-refractivity contribution in [3.05, 3.63) is 0 Å². The fourth-order valence-electron chi connectivity index (χ4n) is 1.93. The van der Waals surface area contributed by atoms with Gasteiger partial charge in [-0.3, -0.25) is 0 Å². The maximum Gasteiger partial charge on any atom is 0.419 e. The average molecular weight is 214 g/mol. The Labute approximate surface area is 80.1 Å². The van der Waals surface area contributed by atoms with Gasteiger partial charge in [0.15, 0.2) is 6.17 Å². The Morgan fingerprint density at radius 2 is 1.64 bits per heavy atom. The van der Waals surface area contributed by atoms with E-state index in [1.165, 1.54) is 0 Å². The molecule has 0 aromatic carbocycles. The standard InChI is InChI=1S/C9H14F4O/c10-8(9(11,12)13)7-3-1-6(5-14)2-4-7/h6-8,14H,1-5H2. The lowest BCUT2D eigenvalue weighted by atomic mass is 9.80. The van der Waals surface area contributed by atoms with E-state index >= 15 is 0 Å². The molecule has 0 saturated heterocycles. The molecule has 0 aromatic heterocycles. The number of halogens is 4. The van der Waals surface area contributed by atoms with Gasteiger partial charge in [0, 0.05) is 6.61 Å². The van der Waals surface area contributed by atoms with E-state index in [0.717, 1.165) is 0 Å². The molecular formula is C9H14F4O. The molecule has 1 fully saturated rings. The van der Waals surface area contributed by atoms with Crippen molar-refractivity contribution in [1.82, 2.24) is 0 Å². The molecule has 1 N–H and O–H groups in total. The number of hydrogen-bond acceptors (Lipinski definition) is 1. The van der Waals surface area contributed by atoms with Crippen LogP contribution in [0.4, 0.5) is 17.6 Å². The second-order valence-electron chi connectivity index (χ2n) is 3.91. The van der Waals surface area contributed by atoms with Gasteiger partial charge in [-0.15, -0.1) is 0 Å². The highest BCUT2D eigenvalue weighted by Gasteiger charge is 2.45. The van der Waals surface area contributed by atoms with E-state index in [4.69, 9.17) is 5.11 Å². The number of alkyl halides is 4. The molecule has 5 heteroatoms. The summed E-state index contributed by atoms with van der Waals surface area (Å²) < 4.78 is 48.8. The van der Waals surface area contributed by atoms with Crippen molar-refractivity contribution in [3.63, 3.8) is 0 Å². The van der Waals surface area contributed by atoms with Gasteiger partial charge in [0.05, 0.1) is 0 Å². The minimum absolute atomic E-state index is 0.00428. The topological polar surface area (TPSA) is 20.2 Å². The highest BCUT2D eigenvalue weighted by molar-refractivity contribution is 4.81.